The quantitative estimate of drug-likeness (QED) is 0.866. The second kappa shape index (κ2) is 7.25. The van der Waals surface area contributed by atoms with E-state index in [1.54, 1.807) is 11.0 Å². The predicted octanol–water partition coefficient (Wildman–Crippen LogP) is 3.71. The molecule has 23 heavy (non-hydrogen) atoms. The zero-order chi connectivity index (χ0) is 16.2. The van der Waals surface area contributed by atoms with Gasteiger partial charge in [0.05, 0.1) is 11.2 Å². The minimum atomic E-state index is -0.318. The lowest BCUT2D eigenvalue weighted by molar-refractivity contribution is -0.120. The fraction of sp³-hybridized carbons (Fsp3) is 0.529. The number of nitrogens with one attached hydrogen (secondary N) is 1. The van der Waals surface area contributed by atoms with Gasteiger partial charge in [0.25, 0.3) is 0 Å². The molecule has 6 heteroatoms. The fourth-order valence-electron chi connectivity index (χ4n) is 3.05. The van der Waals surface area contributed by atoms with Crippen molar-refractivity contribution in [3.63, 3.8) is 0 Å². The van der Waals surface area contributed by atoms with E-state index in [4.69, 9.17) is 0 Å². The van der Waals surface area contributed by atoms with Gasteiger partial charge in [0.15, 0.2) is 5.13 Å². The van der Waals surface area contributed by atoms with Crippen LogP contribution < -0.4 is 10.2 Å². The molecular weight excluding hydrogens is 313 g/mol. The van der Waals surface area contributed by atoms with Crippen molar-refractivity contribution < 1.29 is 9.18 Å². The number of aromatic nitrogens is 1. The number of benzene rings is 1. The first-order chi connectivity index (χ1) is 11.1. The molecule has 1 aromatic heterocycles. The number of hydrogen-bond acceptors (Lipinski definition) is 4. The monoisotopic (exact) mass is 335 g/mol. The summed E-state index contributed by atoms with van der Waals surface area (Å²) >= 11 is 1.41. The molecule has 0 saturated heterocycles. The first kappa shape index (κ1) is 16.2. The summed E-state index contributed by atoms with van der Waals surface area (Å²) in [6, 6.07) is 5.23. The van der Waals surface area contributed by atoms with Crippen molar-refractivity contribution in [2.45, 2.75) is 44.6 Å². The number of para-hydroxylation sites is 1. The Hall–Kier alpha value is -1.69. The number of rotatable bonds is 4. The highest BCUT2D eigenvalue weighted by atomic mass is 32.1. The Balaban J connectivity index is 1.61. The van der Waals surface area contributed by atoms with Crippen LogP contribution in [-0.2, 0) is 4.79 Å². The number of nitrogens with zero attached hydrogens (tertiary/aromatic N) is 2. The normalized spacial score (nSPS) is 16.3. The number of thiazole rings is 1. The highest BCUT2D eigenvalue weighted by Gasteiger charge is 2.17. The van der Waals surface area contributed by atoms with Crippen LogP contribution in [0.15, 0.2) is 18.2 Å². The summed E-state index contributed by atoms with van der Waals surface area (Å²) in [6.45, 7) is 0.248. The van der Waals surface area contributed by atoms with Gasteiger partial charge in [-0.15, -0.1) is 0 Å². The summed E-state index contributed by atoms with van der Waals surface area (Å²) in [4.78, 5) is 18.3. The van der Waals surface area contributed by atoms with Gasteiger partial charge in [0, 0.05) is 13.1 Å². The van der Waals surface area contributed by atoms with Crippen LogP contribution in [0.2, 0.25) is 0 Å². The Morgan fingerprint density at radius 2 is 2.09 bits per heavy atom. The lowest BCUT2D eigenvalue weighted by Gasteiger charge is -2.19. The van der Waals surface area contributed by atoms with Crippen LogP contribution in [-0.4, -0.2) is 30.5 Å². The molecular formula is C17H22FN3OS. The Labute approximate surface area is 139 Å². The molecule has 2 aromatic rings. The van der Waals surface area contributed by atoms with Gasteiger partial charge in [-0.25, -0.2) is 9.37 Å². The number of anilines is 1. The zero-order valence-corrected chi connectivity index (χ0v) is 14.2. The third kappa shape index (κ3) is 3.99. The second-order valence-electron chi connectivity index (χ2n) is 6.20. The highest BCUT2D eigenvalue weighted by molar-refractivity contribution is 7.22. The topological polar surface area (TPSA) is 45.2 Å². The molecule has 1 N–H and O–H groups in total. The maximum atomic E-state index is 13.7. The second-order valence-corrected chi connectivity index (χ2v) is 7.20. The molecule has 4 nitrogen and oxygen atoms in total. The van der Waals surface area contributed by atoms with Crippen molar-refractivity contribution in [2.75, 3.05) is 18.5 Å². The van der Waals surface area contributed by atoms with Gasteiger partial charge in [-0.2, -0.15) is 0 Å². The van der Waals surface area contributed by atoms with Crippen molar-refractivity contribution >= 4 is 32.6 Å². The molecule has 1 heterocycles. The molecule has 1 amide bonds. The summed E-state index contributed by atoms with van der Waals surface area (Å²) in [6.07, 6.45) is 7.06. The van der Waals surface area contributed by atoms with Gasteiger partial charge in [-0.3, -0.25) is 4.79 Å². The van der Waals surface area contributed by atoms with Gasteiger partial charge < -0.3 is 10.2 Å². The van der Waals surface area contributed by atoms with Crippen LogP contribution in [0.4, 0.5) is 9.52 Å². The maximum absolute atomic E-state index is 13.7. The van der Waals surface area contributed by atoms with Crippen LogP contribution >= 0.6 is 11.3 Å². The van der Waals surface area contributed by atoms with Crippen LogP contribution in [0.3, 0.4) is 0 Å². The number of halogens is 1. The van der Waals surface area contributed by atoms with Crippen molar-refractivity contribution in [1.29, 1.82) is 0 Å². The molecule has 1 fully saturated rings. The lowest BCUT2D eigenvalue weighted by atomic mass is 10.1. The van der Waals surface area contributed by atoms with E-state index in [0.717, 1.165) is 17.5 Å². The molecule has 1 aromatic carbocycles. The first-order valence-corrected chi connectivity index (χ1v) is 9.00. The summed E-state index contributed by atoms with van der Waals surface area (Å²) in [7, 11) is 1.82. The summed E-state index contributed by atoms with van der Waals surface area (Å²) in [5.74, 6) is -0.305. The maximum Gasteiger partial charge on any atom is 0.239 e. The molecule has 3 rings (SSSR count). The molecule has 0 spiro atoms. The highest BCUT2D eigenvalue weighted by Crippen LogP contribution is 2.29. The molecule has 0 unspecified atom stereocenters. The van der Waals surface area contributed by atoms with Crippen LogP contribution in [0, 0.1) is 5.82 Å². The van der Waals surface area contributed by atoms with Crippen LogP contribution in [0.5, 0.6) is 0 Å². The summed E-state index contributed by atoms with van der Waals surface area (Å²) in [5.41, 5.74) is 0.378. The number of hydrogen-bond donors (Lipinski definition) is 1. The van der Waals surface area contributed by atoms with E-state index in [0.29, 0.717) is 16.7 Å². The molecule has 0 radical (unpaired) electrons. The van der Waals surface area contributed by atoms with Crippen molar-refractivity contribution in [2.24, 2.45) is 0 Å². The van der Waals surface area contributed by atoms with E-state index in [2.05, 4.69) is 10.3 Å². The van der Waals surface area contributed by atoms with E-state index in [1.807, 2.05) is 13.1 Å². The third-order valence-corrected chi connectivity index (χ3v) is 5.42. The van der Waals surface area contributed by atoms with E-state index in [1.165, 1.54) is 43.1 Å². The average Bonchev–Trinajstić information content (AvgIpc) is 2.81. The molecule has 0 atom stereocenters. The standard InChI is InChI=1S/C17H22FN3OS/c1-21(11-15(22)19-12-7-4-2-3-5-8-12)17-20-16-13(18)9-6-10-14(16)23-17/h6,9-10,12H,2-5,7-8,11H2,1H3,(H,19,22). The van der Waals surface area contributed by atoms with Crippen LogP contribution in [0.1, 0.15) is 38.5 Å². The number of carbonyl (C=O) groups is 1. The molecule has 1 aliphatic rings. The molecule has 124 valence electrons. The van der Waals surface area contributed by atoms with E-state index in [-0.39, 0.29) is 18.3 Å². The SMILES string of the molecule is CN(CC(=O)NC1CCCCCC1)c1nc2c(F)cccc2s1. The number of amides is 1. The van der Waals surface area contributed by atoms with E-state index >= 15 is 0 Å². The lowest BCUT2D eigenvalue weighted by Crippen LogP contribution is -2.40. The van der Waals surface area contributed by atoms with E-state index < -0.39 is 0 Å². The molecule has 0 bridgehead atoms. The minimum Gasteiger partial charge on any atom is -0.352 e. The minimum absolute atomic E-state index is 0.0131. The van der Waals surface area contributed by atoms with Gasteiger partial charge in [-0.05, 0) is 25.0 Å². The Morgan fingerprint density at radius 3 is 2.78 bits per heavy atom. The van der Waals surface area contributed by atoms with Gasteiger partial charge in [0.1, 0.15) is 11.3 Å². The molecule has 1 saturated carbocycles. The largest absolute Gasteiger partial charge is 0.352 e. The van der Waals surface area contributed by atoms with Crippen LogP contribution in [0.25, 0.3) is 10.2 Å². The predicted molar refractivity (Wildman–Crippen MR) is 92.5 cm³/mol. The molecule has 0 aliphatic heterocycles. The number of fused-ring (bicyclic) bond motifs is 1. The van der Waals surface area contributed by atoms with Crippen molar-refractivity contribution in [1.82, 2.24) is 10.3 Å². The van der Waals surface area contributed by atoms with Crippen molar-refractivity contribution in [3.8, 4) is 0 Å². The first-order valence-electron chi connectivity index (χ1n) is 8.19. The Morgan fingerprint density at radius 1 is 1.35 bits per heavy atom. The number of likely N-dealkylation sites (N-methyl/N-ethyl adjacent to an activating group) is 1. The van der Waals surface area contributed by atoms with Gasteiger partial charge >= 0.3 is 0 Å². The Bertz CT molecular complexity index is 680. The van der Waals surface area contributed by atoms with Gasteiger partial charge in [-0.1, -0.05) is 43.1 Å². The Kier molecular flexibility index (Phi) is 5.10. The smallest absolute Gasteiger partial charge is 0.239 e. The van der Waals surface area contributed by atoms with Crippen molar-refractivity contribution in [3.05, 3.63) is 24.0 Å². The average molecular weight is 335 g/mol. The summed E-state index contributed by atoms with van der Waals surface area (Å²) < 4.78 is 14.5. The fourth-order valence-corrected chi connectivity index (χ4v) is 3.99. The molecule has 1 aliphatic carbocycles. The zero-order valence-electron chi connectivity index (χ0n) is 13.3. The van der Waals surface area contributed by atoms with E-state index in [9.17, 15) is 9.18 Å². The third-order valence-electron chi connectivity index (χ3n) is 4.29. The van der Waals surface area contributed by atoms with Gasteiger partial charge in [0.2, 0.25) is 5.91 Å². The summed E-state index contributed by atoms with van der Waals surface area (Å²) in [5, 5.41) is 3.79. The number of carbonyl (C=O) groups excluding carboxylic acids is 1.